The molecule has 2 aromatic heterocycles. The summed E-state index contributed by atoms with van der Waals surface area (Å²) in [5.74, 6) is 0.737. The lowest BCUT2D eigenvalue weighted by molar-refractivity contribution is 0.0951. The Morgan fingerprint density at radius 1 is 1.00 bits per heavy atom. The van der Waals surface area contributed by atoms with Crippen molar-refractivity contribution in [1.82, 2.24) is 24.5 Å². The number of aryl methyl sites for hydroxylation is 1. The van der Waals surface area contributed by atoms with Gasteiger partial charge in [-0.25, -0.2) is 4.57 Å². The van der Waals surface area contributed by atoms with Crippen LogP contribution in [0.15, 0.2) is 77.6 Å². The van der Waals surface area contributed by atoms with E-state index in [-0.39, 0.29) is 11.5 Å². The minimum atomic E-state index is -0.266. The first-order valence-corrected chi connectivity index (χ1v) is 10.4. The van der Waals surface area contributed by atoms with Gasteiger partial charge >= 0.3 is 0 Å². The average molecular weight is 444 g/mol. The molecule has 1 amide bonds. The van der Waals surface area contributed by atoms with Gasteiger partial charge in [0.25, 0.3) is 11.5 Å². The van der Waals surface area contributed by atoms with Gasteiger partial charge in [0.05, 0.1) is 16.6 Å². The largest absolute Gasteiger partial charge is 0.348 e. The van der Waals surface area contributed by atoms with E-state index in [1.807, 2.05) is 55.5 Å². The molecule has 32 heavy (non-hydrogen) atoms. The molecule has 0 atom stereocenters. The second kappa shape index (κ2) is 7.94. The summed E-state index contributed by atoms with van der Waals surface area (Å²) < 4.78 is 3.31. The lowest BCUT2D eigenvalue weighted by atomic mass is 10.1. The van der Waals surface area contributed by atoms with Crippen molar-refractivity contribution >= 4 is 34.2 Å². The second-order valence-electron chi connectivity index (χ2n) is 7.36. The van der Waals surface area contributed by atoms with Gasteiger partial charge in [0.2, 0.25) is 5.78 Å². The Morgan fingerprint density at radius 2 is 1.75 bits per heavy atom. The molecular formula is C24H18ClN5O2. The van der Waals surface area contributed by atoms with Crippen LogP contribution in [0.5, 0.6) is 0 Å². The van der Waals surface area contributed by atoms with Crippen molar-refractivity contribution in [3.63, 3.8) is 0 Å². The van der Waals surface area contributed by atoms with Gasteiger partial charge in [-0.05, 0) is 48.9 Å². The normalized spacial score (nSPS) is 11.2. The summed E-state index contributed by atoms with van der Waals surface area (Å²) in [6, 6.07) is 21.6. The maximum atomic E-state index is 13.3. The quantitative estimate of drug-likeness (QED) is 0.456. The Labute approximate surface area is 187 Å². The highest BCUT2D eigenvalue weighted by atomic mass is 35.5. The molecule has 0 saturated heterocycles. The number of carbonyl (C=O) groups excluding carboxylic acids is 1. The van der Waals surface area contributed by atoms with Gasteiger partial charge in [0.15, 0.2) is 0 Å². The SMILES string of the molecule is Cc1nnc2n(-c3ccccc3)c(=O)c3ccc(C(=O)NCc4ccccc4Cl)cc3n12. The molecule has 0 saturated carbocycles. The van der Waals surface area contributed by atoms with Crippen molar-refractivity contribution < 1.29 is 4.79 Å². The molecule has 2 heterocycles. The minimum absolute atomic E-state index is 0.228. The Balaban J connectivity index is 1.61. The summed E-state index contributed by atoms with van der Waals surface area (Å²) in [5, 5.41) is 12.3. The molecule has 0 aliphatic heterocycles. The third-order valence-electron chi connectivity index (χ3n) is 5.35. The maximum Gasteiger partial charge on any atom is 0.267 e. The van der Waals surface area contributed by atoms with Crippen molar-refractivity contribution in [3.05, 3.63) is 105 Å². The van der Waals surface area contributed by atoms with Crippen LogP contribution in [-0.2, 0) is 6.54 Å². The Hall–Kier alpha value is -3.97. The topological polar surface area (TPSA) is 81.3 Å². The fraction of sp³-hybridized carbons (Fsp3) is 0.0833. The van der Waals surface area contributed by atoms with Crippen LogP contribution in [0, 0.1) is 6.92 Å². The molecule has 0 aliphatic carbocycles. The number of benzene rings is 3. The highest BCUT2D eigenvalue weighted by Gasteiger charge is 2.17. The van der Waals surface area contributed by atoms with Gasteiger partial charge in [-0.2, -0.15) is 0 Å². The summed E-state index contributed by atoms with van der Waals surface area (Å²) in [7, 11) is 0. The number of rotatable bonds is 4. The number of hydrogen-bond acceptors (Lipinski definition) is 4. The molecule has 0 aliphatic rings. The monoisotopic (exact) mass is 443 g/mol. The van der Waals surface area contributed by atoms with E-state index in [0.29, 0.717) is 45.3 Å². The number of aromatic nitrogens is 4. The molecule has 8 heteroatoms. The fourth-order valence-electron chi connectivity index (χ4n) is 3.76. The molecule has 0 spiro atoms. The average Bonchev–Trinajstić information content (AvgIpc) is 3.20. The molecular weight excluding hydrogens is 426 g/mol. The minimum Gasteiger partial charge on any atom is -0.348 e. The molecule has 0 bridgehead atoms. The highest BCUT2D eigenvalue weighted by Crippen LogP contribution is 2.20. The van der Waals surface area contributed by atoms with Gasteiger partial charge in [-0.1, -0.05) is 48.0 Å². The van der Waals surface area contributed by atoms with Crippen LogP contribution in [0.3, 0.4) is 0 Å². The van der Waals surface area contributed by atoms with E-state index >= 15 is 0 Å². The van der Waals surface area contributed by atoms with Gasteiger partial charge in [0, 0.05) is 17.1 Å². The number of nitrogens with one attached hydrogen (secondary N) is 1. The summed E-state index contributed by atoms with van der Waals surface area (Å²) in [5.41, 5.74) is 2.29. The number of hydrogen-bond donors (Lipinski definition) is 1. The second-order valence-corrected chi connectivity index (χ2v) is 7.77. The number of amides is 1. The highest BCUT2D eigenvalue weighted by molar-refractivity contribution is 6.31. The molecule has 5 aromatic rings. The van der Waals surface area contributed by atoms with Crippen molar-refractivity contribution in [2.75, 3.05) is 0 Å². The smallest absolute Gasteiger partial charge is 0.267 e. The molecule has 158 valence electrons. The Kier molecular flexibility index (Phi) is 4.95. The zero-order valence-electron chi connectivity index (χ0n) is 17.1. The lowest BCUT2D eigenvalue weighted by Gasteiger charge is -2.12. The van der Waals surface area contributed by atoms with Gasteiger partial charge in [-0.3, -0.25) is 14.0 Å². The van der Waals surface area contributed by atoms with E-state index in [0.717, 1.165) is 5.56 Å². The van der Waals surface area contributed by atoms with Gasteiger partial charge in [0.1, 0.15) is 5.82 Å². The van der Waals surface area contributed by atoms with Crippen LogP contribution in [0.4, 0.5) is 0 Å². The van der Waals surface area contributed by atoms with Crippen LogP contribution < -0.4 is 10.9 Å². The predicted octanol–water partition coefficient (Wildman–Crippen LogP) is 3.93. The molecule has 0 radical (unpaired) electrons. The zero-order chi connectivity index (χ0) is 22.2. The van der Waals surface area contributed by atoms with E-state index in [4.69, 9.17) is 11.6 Å². The predicted molar refractivity (Wildman–Crippen MR) is 123 cm³/mol. The number of fused-ring (bicyclic) bond motifs is 3. The third kappa shape index (κ3) is 3.33. The Morgan fingerprint density at radius 3 is 2.53 bits per heavy atom. The van der Waals surface area contributed by atoms with Crippen molar-refractivity contribution in [2.24, 2.45) is 0 Å². The molecule has 0 unspecified atom stereocenters. The molecule has 5 rings (SSSR count). The summed E-state index contributed by atoms with van der Waals surface area (Å²) in [6.07, 6.45) is 0. The van der Waals surface area contributed by atoms with Crippen molar-refractivity contribution in [1.29, 1.82) is 0 Å². The van der Waals surface area contributed by atoms with E-state index in [2.05, 4.69) is 15.5 Å². The summed E-state index contributed by atoms with van der Waals surface area (Å²) >= 11 is 6.18. The number of para-hydroxylation sites is 1. The van der Waals surface area contributed by atoms with E-state index in [1.54, 1.807) is 28.7 Å². The van der Waals surface area contributed by atoms with Crippen LogP contribution in [0.25, 0.3) is 22.4 Å². The summed E-state index contributed by atoms with van der Waals surface area (Å²) in [4.78, 5) is 26.2. The third-order valence-corrected chi connectivity index (χ3v) is 5.72. The molecule has 0 fully saturated rings. The fourth-order valence-corrected chi connectivity index (χ4v) is 3.96. The van der Waals surface area contributed by atoms with Gasteiger partial charge < -0.3 is 5.32 Å². The molecule has 1 N–H and O–H groups in total. The van der Waals surface area contributed by atoms with E-state index < -0.39 is 0 Å². The Bertz CT molecular complexity index is 1540. The van der Waals surface area contributed by atoms with Crippen LogP contribution in [0.2, 0.25) is 5.02 Å². The standard InChI is InChI=1S/C24H18ClN5O2/c1-15-27-28-24-29(15)21-13-16(22(31)26-14-17-7-5-6-10-20(17)25)11-12-19(21)23(32)30(24)18-8-3-2-4-9-18/h2-13H,14H2,1H3,(H,26,31). The van der Waals surface area contributed by atoms with Crippen LogP contribution in [0.1, 0.15) is 21.7 Å². The summed E-state index contributed by atoms with van der Waals surface area (Å²) in [6.45, 7) is 2.11. The van der Waals surface area contributed by atoms with Crippen molar-refractivity contribution in [3.8, 4) is 5.69 Å². The number of nitrogens with zero attached hydrogens (tertiary/aromatic N) is 4. The maximum absolute atomic E-state index is 13.3. The van der Waals surface area contributed by atoms with Crippen molar-refractivity contribution in [2.45, 2.75) is 13.5 Å². The zero-order valence-corrected chi connectivity index (χ0v) is 17.9. The number of carbonyl (C=O) groups is 1. The first kappa shape index (κ1) is 20.0. The van der Waals surface area contributed by atoms with Crippen LogP contribution in [-0.4, -0.2) is 25.1 Å². The molecule has 7 nitrogen and oxygen atoms in total. The van der Waals surface area contributed by atoms with E-state index in [1.165, 1.54) is 4.57 Å². The first-order chi connectivity index (χ1) is 15.5. The van der Waals surface area contributed by atoms with E-state index in [9.17, 15) is 9.59 Å². The molecule has 3 aromatic carbocycles. The number of halogens is 1. The van der Waals surface area contributed by atoms with Crippen LogP contribution >= 0.6 is 11.6 Å². The van der Waals surface area contributed by atoms with Gasteiger partial charge in [-0.15, -0.1) is 10.2 Å². The lowest BCUT2D eigenvalue weighted by Crippen LogP contribution is -2.24. The first-order valence-electron chi connectivity index (χ1n) is 10.0.